The lowest BCUT2D eigenvalue weighted by molar-refractivity contribution is 1.18. The first-order valence-corrected chi connectivity index (χ1v) is 24.1. The van der Waals surface area contributed by atoms with Crippen LogP contribution in [0.3, 0.4) is 0 Å². The van der Waals surface area contributed by atoms with Crippen LogP contribution in [-0.4, -0.2) is 4.57 Å². The van der Waals surface area contributed by atoms with Gasteiger partial charge in [-0.05, 0) is 133 Å². The molecule has 1 heterocycles. The van der Waals surface area contributed by atoms with Gasteiger partial charge in [0.1, 0.15) is 0 Å². The molecule has 0 aliphatic heterocycles. The molecule has 0 bridgehead atoms. The van der Waals surface area contributed by atoms with E-state index in [9.17, 15) is 0 Å². The van der Waals surface area contributed by atoms with Gasteiger partial charge in [0.2, 0.25) is 0 Å². The van der Waals surface area contributed by atoms with Gasteiger partial charge < -0.3 is 9.47 Å². The van der Waals surface area contributed by atoms with Crippen molar-refractivity contribution in [2.24, 2.45) is 0 Å². The fraction of sp³-hybridized carbons (Fsp3) is 0. The maximum atomic E-state index is 2.45. The third-order valence-electron chi connectivity index (χ3n) is 14.0. The van der Waals surface area contributed by atoms with Gasteiger partial charge in [0.15, 0.2) is 0 Å². The zero-order chi connectivity index (χ0) is 46.4. The van der Waals surface area contributed by atoms with Gasteiger partial charge >= 0.3 is 0 Å². The number of hydrogen-bond acceptors (Lipinski definition) is 1. The zero-order valence-corrected chi connectivity index (χ0v) is 38.5. The van der Waals surface area contributed by atoms with Crippen LogP contribution in [-0.2, 0) is 0 Å². The molecule has 0 saturated carbocycles. The van der Waals surface area contributed by atoms with Crippen LogP contribution in [0.5, 0.6) is 0 Å². The van der Waals surface area contributed by atoms with E-state index in [0.717, 1.165) is 39.4 Å². The molecular formula is C68H46N2. The summed E-state index contributed by atoms with van der Waals surface area (Å²) in [5, 5.41) is 7.39. The third-order valence-corrected chi connectivity index (χ3v) is 14.0. The third kappa shape index (κ3) is 7.22. The first-order chi connectivity index (χ1) is 34.7. The van der Waals surface area contributed by atoms with E-state index in [-0.39, 0.29) is 0 Å². The highest BCUT2D eigenvalue weighted by Gasteiger charge is 2.23. The molecule has 328 valence electrons. The van der Waals surface area contributed by atoms with Crippen LogP contribution in [0.2, 0.25) is 0 Å². The van der Waals surface area contributed by atoms with Gasteiger partial charge in [0, 0.05) is 33.3 Å². The smallest absolute Gasteiger partial charge is 0.0541 e. The molecule has 0 aliphatic rings. The van der Waals surface area contributed by atoms with Gasteiger partial charge in [-0.25, -0.2) is 0 Å². The molecule has 13 rings (SSSR count). The van der Waals surface area contributed by atoms with Crippen molar-refractivity contribution >= 4 is 60.4 Å². The lowest BCUT2D eigenvalue weighted by atomic mass is 9.90. The summed E-state index contributed by atoms with van der Waals surface area (Å²) in [6.07, 6.45) is 0. The van der Waals surface area contributed by atoms with Crippen molar-refractivity contribution in [2.75, 3.05) is 4.90 Å². The Morgan fingerprint density at radius 3 is 1.34 bits per heavy atom. The molecule has 2 nitrogen and oxygen atoms in total. The van der Waals surface area contributed by atoms with Crippen LogP contribution in [0.4, 0.5) is 17.1 Å². The normalized spacial score (nSPS) is 11.4. The van der Waals surface area contributed by atoms with Gasteiger partial charge in [0.05, 0.1) is 22.4 Å². The molecule has 12 aromatic carbocycles. The van der Waals surface area contributed by atoms with Gasteiger partial charge in [-0.2, -0.15) is 0 Å². The first-order valence-electron chi connectivity index (χ1n) is 24.1. The van der Waals surface area contributed by atoms with Crippen molar-refractivity contribution < 1.29 is 0 Å². The summed E-state index contributed by atoms with van der Waals surface area (Å²) in [4.78, 5) is 2.45. The molecule has 0 atom stereocenters. The van der Waals surface area contributed by atoms with Crippen LogP contribution in [0.25, 0.3) is 105 Å². The van der Waals surface area contributed by atoms with E-state index in [1.54, 1.807) is 0 Å². The molecule has 1 aromatic heterocycles. The van der Waals surface area contributed by atoms with Crippen LogP contribution in [0.1, 0.15) is 0 Å². The van der Waals surface area contributed by atoms with E-state index < -0.39 is 0 Å². The van der Waals surface area contributed by atoms with Crippen molar-refractivity contribution in [3.63, 3.8) is 0 Å². The van der Waals surface area contributed by atoms with E-state index in [1.807, 2.05) is 0 Å². The largest absolute Gasteiger partial charge is 0.310 e. The SMILES string of the molecule is c1ccc(-c2ccc(N(c3ccc(-c4cccc(-c5ccccc5)c4)cc3)c3ccc(-c4ccccc4-n4c5ccccc5c5ccccc54)cc3-c3cc4ccccc4c4ccccc34)cc2)cc1. The summed E-state index contributed by atoms with van der Waals surface area (Å²) in [7, 11) is 0. The Hall–Kier alpha value is -9.24. The number of nitrogens with zero attached hydrogens (tertiary/aromatic N) is 2. The van der Waals surface area contributed by atoms with Crippen LogP contribution in [0, 0.1) is 0 Å². The summed E-state index contributed by atoms with van der Waals surface area (Å²) >= 11 is 0. The number of fused-ring (bicyclic) bond motifs is 6. The molecule has 0 N–H and O–H groups in total. The topological polar surface area (TPSA) is 8.17 Å². The van der Waals surface area contributed by atoms with Gasteiger partial charge in [-0.15, -0.1) is 0 Å². The number of benzene rings is 12. The predicted molar refractivity (Wildman–Crippen MR) is 298 cm³/mol. The molecule has 0 radical (unpaired) electrons. The predicted octanol–water partition coefficient (Wildman–Crippen LogP) is 18.9. The minimum atomic E-state index is 1.07. The molecule has 0 amide bonds. The second-order valence-corrected chi connectivity index (χ2v) is 18.1. The molecule has 0 aliphatic carbocycles. The fourth-order valence-electron chi connectivity index (χ4n) is 10.7. The molecular weight excluding hydrogens is 845 g/mol. The molecule has 13 aromatic rings. The Labute approximate surface area is 408 Å². The van der Waals surface area contributed by atoms with Crippen LogP contribution < -0.4 is 4.90 Å². The number of hydrogen-bond donors (Lipinski definition) is 0. The summed E-state index contributed by atoms with van der Waals surface area (Å²) in [6.45, 7) is 0. The van der Waals surface area contributed by atoms with E-state index in [1.165, 1.54) is 82.3 Å². The minimum absolute atomic E-state index is 1.07. The van der Waals surface area contributed by atoms with Crippen molar-refractivity contribution in [1.29, 1.82) is 0 Å². The monoisotopic (exact) mass is 890 g/mol. The Kier molecular flexibility index (Phi) is 10.2. The summed E-state index contributed by atoms with van der Waals surface area (Å²) in [5.41, 5.74) is 18.5. The van der Waals surface area contributed by atoms with Crippen molar-refractivity contribution in [2.45, 2.75) is 0 Å². The standard InChI is InChI=1S/C68H46N2/c1-3-18-47(19-4-1)49-34-39-55(40-35-49)69(56-41-36-50(37-42-56)52-24-17-23-51(44-52)48-20-5-2-6-21-48)68-43-38-54(46-64(68)63-45-53-22-7-8-25-57(53)59-27-9-10-28-60(59)63)58-26-11-14-31-65(58)70-66-32-15-12-29-61(66)62-30-13-16-33-67(62)70/h1-46H. The maximum Gasteiger partial charge on any atom is 0.0541 e. The molecule has 0 fully saturated rings. The summed E-state index contributed by atoms with van der Waals surface area (Å²) in [6, 6.07) is 102. The first kappa shape index (κ1) is 41.0. The molecule has 0 saturated heterocycles. The van der Waals surface area contributed by atoms with Gasteiger partial charge in [-0.1, -0.05) is 212 Å². The molecule has 70 heavy (non-hydrogen) atoms. The Bertz CT molecular complexity index is 3980. The molecule has 2 heteroatoms. The molecule has 0 unspecified atom stereocenters. The number of anilines is 3. The number of rotatable bonds is 9. The van der Waals surface area contributed by atoms with Crippen LogP contribution in [0.15, 0.2) is 279 Å². The van der Waals surface area contributed by atoms with Gasteiger partial charge in [-0.3, -0.25) is 0 Å². The highest BCUT2D eigenvalue weighted by Crippen LogP contribution is 2.47. The Morgan fingerprint density at radius 1 is 0.243 bits per heavy atom. The zero-order valence-electron chi connectivity index (χ0n) is 38.5. The molecule has 0 spiro atoms. The van der Waals surface area contributed by atoms with E-state index in [2.05, 4.69) is 289 Å². The number of aromatic nitrogens is 1. The highest BCUT2D eigenvalue weighted by atomic mass is 15.1. The lowest BCUT2D eigenvalue weighted by Gasteiger charge is -2.29. The van der Waals surface area contributed by atoms with E-state index in [0.29, 0.717) is 0 Å². The minimum Gasteiger partial charge on any atom is -0.310 e. The van der Waals surface area contributed by atoms with E-state index >= 15 is 0 Å². The van der Waals surface area contributed by atoms with Crippen molar-refractivity contribution in [3.05, 3.63) is 279 Å². The second-order valence-electron chi connectivity index (χ2n) is 18.1. The lowest BCUT2D eigenvalue weighted by Crippen LogP contribution is -2.11. The van der Waals surface area contributed by atoms with Crippen molar-refractivity contribution in [1.82, 2.24) is 4.57 Å². The number of para-hydroxylation sites is 3. The maximum absolute atomic E-state index is 2.45. The summed E-state index contributed by atoms with van der Waals surface area (Å²) in [5.74, 6) is 0. The average Bonchev–Trinajstić information content (AvgIpc) is 3.78. The van der Waals surface area contributed by atoms with Gasteiger partial charge in [0.25, 0.3) is 0 Å². The Balaban J connectivity index is 1.04. The fourth-order valence-corrected chi connectivity index (χ4v) is 10.7. The second kappa shape index (κ2) is 17.4. The van der Waals surface area contributed by atoms with Crippen LogP contribution >= 0.6 is 0 Å². The summed E-state index contributed by atoms with van der Waals surface area (Å²) < 4.78 is 2.44. The Morgan fingerprint density at radius 2 is 0.700 bits per heavy atom. The quantitative estimate of drug-likeness (QED) is 0.131. The van der Waals surface area contributed by atoms with Crippen molar-refractivity contribution in [3.8, 4) is 61.3 Å². The average molecular weight is 891 g/mol. The van der Waals surface area contributed by atoms with E-state index in [4.69, 9.17) is 0 Å². The highest BCUT2D eigenvalue weighted by molar-refractivity contribution is 6.15.